The molecule has 0 aliphatic heterocycles. The molecule has 0 aromatic heterocycles. The van der Waals surface area contributed by atoms with Gasteiger partial charge >= 0.3 is 0 Å². The van der Waals surface area contributed by atoms with Crippen molar-refractivity contribution in [3.8, 4) is 5.75 Å². The van der Waals surface area contributed by atoms with Gasteiger partial charge in [-0.05, 0) is 63.2 Å². The zero-order chi connectivity index (χ0) is 23.2. The molecule has 0 radical (unpaired) electrons. The lowest BCUT2D eigenvalue weighted by molar-refractivity contribution is -0.142. The summed E-state index contributed by atoms with van der Waals surface area (Å²) in [7, 11) is 1.54. The molecular formula is C24H30BrFN2O3. The molecule has 2 aromatic rings. The fourth-order valence-corrected chi connectivity index (χ4v) is 3.67. The highest BCUT2D eigenvalue weighted by Crippen LogP contribution is 2.31. The number of carbonyl (C=O) groups excluding carboxylic acids is 2. The van der Waals surface area contributed by atoms with Gasteiger partial charge in [0.2, 0.25) is 5.91 Å². The summed E-state index contributed by atoms with van der Waals surface area (Å²) in [5.41, 5.74) is 1.86. The Kier molecular flexibility index (Phi) is 8.62. The Hall–Kier alpha value is -2.41. The van der Waals surface area contributed by atoms with Crippen LogP contribution in [-0.4, -0.2) is 36.4 Å². The number of hydrogen-bond acceptors (Lipinski definition) is 3. The van der Waals surface area contributed by atoms with Gasteiger partial charge in [0.05, 0.1) is 4.47 Å². The predicted molar refractivity (Wildman–Crippen MR) is 123 cm³/mol. The molecule has 1 N–H and O–H groups in total. The quantitative estimate of drug-likeness (QED) is 0.574. The second-order valence-corrected chi connectivity index (χ2v) is 9.22. The molecule has 0 aliphatic carbocycles. The molecule has 0 fully saturated rings. The summed E-state index contributed by atoms with van der Waals surface area (Å²) in [6, 6.07) is 11.0. The number of rotatable bonds is 8. The molecule has 0 unspecified atom stereocenters. The van der Waals surface area contributed by atoms with E-state index in [1.54, 1.807) is 12.1 Å². The molecule has 2 aromatic carbocycles. The maximum absolute atomic E-state index is 13.3. The van der Waals surface area contributed by atoms with Crippen LogP contribution in [0.2, 0.25) is 0 Å². The molecule has 7 heteroatoms. The first-order valence-corrected chi connectivity index (χ1v) is 11.0. The highest BCUT2D eigenvalue weighted by atomic mass is 79.9. The fourth-order valence-electron chi connectivity index (χ4n) is 3.18. The minimum Gasteiger partial charge on any atom is -0.483 e. The van der Waals surface area contributed by atoms with Crippen molar-refractivity contribution in [2.24, 2.45) is 0 Å². The molecular weight excluding hydrogens is 463 g/mol. The molecule has 0 heterocycles. The first-order valence-electron chi connectivity index (χ1n) is 10.2. The SMILES string of the molecule is CC[C@H](C(=O)NC)N(Cc1ccc(F)cc1)C(=O)COc1ccc(C(C)(C)C)cc1Br. The Morgan fingerprint density at radius 3 is 2.32 bits per heavy atom. The van der Waals surface area contributed by atoms with Crippen molar-refractivity contribution in [1.82, 2.24) is 10.2 Å². The van der Waals surface area contributed by atoms with Gasteiger partial charge in [-0.3, -0.25) is 9.59 Å². The van der Waals surface area contributed by atoms with Crippen LogP contribution in [0.25, 0.3) is 0 Å². The van der Waals surface area contributed by atoms with Crippen LogP contribution in [0.3, 0.4) is 0 Å². The Balaban J connectivity index is 2.20. The number of carbonyl (C=O) groups is 2. The maximum atomic E-state index is 13.3. The van der Waals surface area contributed by atoms with Gasteiger partial charge in [0.25, 0.3) is 5.91 Å². The van der Waals surface area contributed by atoms with Gasteiger partial charge in [0, 0.05) is 13.6 Å². The van der Waals surface area contributed by atoms with Crippen LogP contribution in [0, 0.1) is 5.82 Å². The number of hydrogen-bond donors (Lipinski definition) is 1. The van der Waals surface area contributed by atoms with Crippen LogP contribution in [0.4, 0.5) is 4.39 Å². The molecule has 2 amide bonds. The third kappa shape index (κ3) is 6.79. The average Bonchev–Trinajstić information content (AvgIpc) is 2.72. The van der Waals surface area contributed by atoms with Gasteiger partial charge in [0.1, 0.15) is 17.6 Å². The maximum Gasteiger partial charge on any atom is 0.261 e. The van der Waals surface area contributed by atoms with Crippen molar-refractivity contribution in [2.45, 2.75) is 52.1 Å². The first-order chi connectivity index (χ1) is 14.6. The zero-order valence-corrected chi connectivity index (χ0v) is 20.3. The predicted octanol–water partition coefficient (Wildman–Crippen LogP) is 4.82. The largest absolute Gasteiger partial charge is 0.483 e. The van der Waals surface area contributed by atoms with Crippen molar-refractivity contribution >= 4 is 27.7 Å². The molecule has 31 heavy (non-hydrogen) atoms. The lowest BCUT2D eigenvalue weighted by atomic mass is 9.87. The van der Waals surface area contributed by atoms with E-state index in [0.717, 1.165) is 15.6 Å². The number of likely N-dealkylation sites (N-methyl/N-ethyl adjacent to an activating group) is 1. The van der Waals surface area contributed by atoms with E-state index in [2.05, 4.69) is 42.0 Å². The van der Waals surface area contributed by atoms with Crippen molar-refractivity contribution in [3.63, 3.8) is 0 Å². The van der Waals surface area contributed by atoms with Crippen molar-refractivity contribution in [1.29, 1.82) is 0 Å². The molecule has 0 bridgehead atoms. The fraction of sp³-hybridized carbons (Fsp3) is 0.417. The van der Waals surface area contributed by atoms with Gasteiger partial charge < -0.3 is 15.0 Å². The normalized spacial score (nSPS) is 12.2. The summed E-state index contributed by atoms with van der Waals surface area (Å²) in [5, 5.41) is 2.61. The van der Waals surface area contributed by atoms with Gasteiger partial charge in [-0.2, -0.15) is 0 Å². The standard InChI is InChI=1S/C24H30BrFN2O3/c1-6-20(23(30)27-5)28(14-16-7-10-18(26)11-8-16)22(29)15-31-21-12-9-17(13-19(21)25)24(2,3)4/h7-13,20H,6,14-15H2,1-5H3,(H,27,30)/t20-/m1/s1. The third-order valence-corrected chi connectivity index (χ3v) is 5.67. The zero-order valence-electron chi connectivity index (χ0n) is 18.7. The van der Waals surface area contributed by atoms with E-state index in [9.17, 15) is 14.0 Å². The molecule has 1 atom stereocenters. The molecule has 2 rings (SSSR count). The summed E-state index contributed by atoms with van der Waals surface area (Å²) in [5.74, 6) is -0.386. The van der Waals surface area contributed by atoms with E-state index in [1.807, 2.05) is 25.1 Å². The Morgan fingerprint density at radius 2 is 1.81 bits per heavy atom. The molecule has 168 valence electrons. The summed E-state index contributed by atoms with van der Waals surface area (Å²) >= 11 is 3.51. The number of nitrogens with one attached hydrogen (secondary N) is 1. The van der Waals surface area contributed by atoms with Crippen molar-refractivity contribution in [3.05, 3.63) is 63.9 Å². The summed E-state index contributed by atoms with van der Waals surface area (Å²) in [4.78, 5) is 26.9. The minimum absolute atomic E-state index is 0.00924. The van der Waals surface area contributed by atoms with Gasteiger partial charge in [-0.1, -0.05) is 45.9 Å². The van der Waals surface area contributed by atoms with E-state index >= 15 is 0 Å². The molecule has 0 aliphatic rings. The Labute approximate surface area is 192 Å². The van der Waals surface area contributed by atoms with Gasteiger partial charge in [-0.15, -0.1) is 0 Å². The van der Waals surface area contributed by atoms with E-state index in [1.165, 1.54) is 24.1 Å². The Bertz CT molecular complexity index is 910. The molecule has 5 nitrogen and oxygen atoms in total. The van der Waals surface area contributed by atoms with Crippen molar-refractivity contribution < 1.29 is 18.7 Å². The van der Waals surface area contributed by atoms with E-state index in [4.69, 9.17) is 4.74 Å². The monoisotopic (exact) mass is 492 g/mol. The second-order valence-electron chi connectivity index (χ2n) is 8.37. The highest BCUT2D eigenvalue weighted by molar-refractivity contribution is 9.10. The second kappa shape index (κ2) is 10.8. The molecule has 0 saturated heterocycles. The minimum atomic E-state index is -0.655. The van der Waals surface area contributed by atoms with Gasteiger partial charge in [-0.25, -0.2) is 4.39 Å². The van der Waals surface area contributed by atoms with Crippen LogP contribution >= 0.6 is 15.9 Å². The third-order valence-electron chi connectivity index (χ3n) is 5.05. The van der Waals surface area contributed by atoms with Crippen LogP contribution in [0.1, 0.15) is 45.2 Å². The average molecular weight is 493 g/mol. The lowest BCUT2D eigenvalue weighted by Gasteiger charge is -2.30. The Morgan fingerprint density at radius 1 is 1.16 bits per heavy atom. The van der Waals surface area contributed by atoms with Crippen LogP contribution in [-0.2, 0) is 21.5 Å². The lowest BCUT2D eigenvalue weighted by Crippen LogP contribution is -2.49. The van der Waals surface area contributed by atoms with E-state index in [-0.39, 0.29) is 36.2 Å². The summed E-state index contributed by atoms with van der Waals surface area (Å²) in [6.45, 7) is 8.16. The summed E-state index contributed by atoms with van der Waals surface area (Å²) < 4.78 is 19.8. The van der Waals surface area contributed by atoms with Crippen LogP contribution < -0.4 is 10.1 Å². The highest BCUT2D eigenvalue weighted by Gasteiger charge is 2.28. The van der Waals surface area contributed by atoms with Crippen molar-refractivity contribution in [2.75, 3.05) is 13.7 Å². The van der Waals surface area contributed by atoms with Gasteiger partial charge in [0.15, 0.2) is 6.61 Å². The smallest absolute Gasteiger partial charge is 0.261 e. The molecule has 0 saturated carbocycles. The number of halogens is 2. The number of nitrogens with zero attached hydrogens (tertiary/aromatic N) is 1. The first kappa shape index (κ1) is 24.9. The number of benzene rings is 2. The van der Waals surface area contributed by atoms with Crippen LogP contribution in [0.15, 0.2) is 46.9 Å². The van der Waals surface area contributed by atoms with E-state index in [0.29, 0.717) is 12.2 Å². The van der Waals surface area contributed by atoms with E-state index < -0.39 is 6.04 Å². The number of ether oxygens (including phenoxy) is 1. The summed E-state index contributed by atoms with van der Waals surface area (Å²) in [6.07, 6.45) is 0.441. The molecule has 0 spiro atoms. The topological polar surface area (TPSA) is 58.6 Å². The number of amides is 2. The van der Waals surface area contributed by atoms with Crippen LogP contribution in [0.5, 0.6) is 5.75 Å².